The minimum Gasteiger partial charge on any atom is -0.324 e. The Bertz CT molecular complexity index is 1260. The van der Waals surface area contributed by atoms with Crippen LogP contribution in [-0.4, -0.2) is 16.2 Å². The summed E-state index contributed by atoms with van der Waals surface area (Å²) in [6.45, 7) is 6.30. The highest BCUT2D eigenvalue weighted by Gasteiger charge is 2.37. The van der Waals surface area contributed by atoms with Gasteiger partial charge in [0.25, 0.3) is 5.56 Å². The first-order valence-electron chi connectivity index (χ1n) is 11.3. The van der Waals surface area contributed by atoms with E-state index in [1.165, 1.54) is 22.3 Å². The first-order valence-corrected chi connectivity index (χ1v) is 12.2. The number of rotatable bonds is 5. The molecule has 2 heterocycles. The highest BCUT2D eigenvalue weighted by molar-refractivity contribution is 7.99. The molecule has 5 heteroatoms. The van der Waals surface area contributed by atoms with Crippen LogP contribution in [0, 0.1) is 20.8 Å². The van der Waals surface area contributed by atoms with E-state index in [1.54, 1.807) is 22.4 Å². The summed E-state index contributed by atoms with van der Waals surface area (Å²) >= 11 is 1.66. The van der Waals surface area contributed by atoms with Gasteiger partial charge in [-0.1, -0.05) is 35.9 Å². The summed E-state index contributed by atoms with van der Waals surface area (Å²) in [4.78, 5) is 26.3. The van der Waals surface area contributed by atoms with Gasteiger partial charge in [0, 0.05) is 17.5 Å². The fraction of sp³-hybridized carbons (Fsp3) is 0.333. The molecule has 1 saturated carbocycles. The second kappa shape index (κ2) is 8.28. The Labute approximate surface area is 193 Å². The summed E-state index contributed by atoms with van der Waals surface area (Å²) < 4.78 is 1.74. The normalized spacial score (nSPS) is 17.3. The van der Waals surface area contributed by atoms with Gasteiger partial charge in [-0.2, -0.15) is 0 Å². The van der Waals surface area contributed by atoms with E-state index in [0.29, 0.717) is 11.7 Å². The van der Waals surface area contributed by atoms with Crippen LogP contribution in [0.25, 0.3) is 0 Å². The van der Waals surface area contributed by atoms with Gasteiger partial charge in [-0.25, -0.2) is 0 Å². The largest absolute Gasteiger partial charge is 0.324 e. The zero-order chi connectivity index (χ0) is 22.4. The van der Waals surface area contributed by atoms with E-state index in [0.717, 1.165) is 41.1 Å². The number of fused-ring (bicyclic) bond motifs is 1. The predicted octanol–water partition coefficient (Wildman–Crippen LogP) is 5.53. The Balaban J connectivity index is 1.50. The standard InChI is InChI=1S/C27H28N2O2S/c1-16-7-11-22(12-8-16)28-26(31)23-15-32-27-25(19-9-10-19)21(14-24(30)29(23)27)13-20-6-4-5-17(2)18(20)3/h4-8,11-12,14,19,23H,9-10,13,15H2,1-3H3,(H,28,31)/t23-/m0/s1. The van der Waals surface area contributed by atoms with Crippen LogP contribution in [0.1, 0.15) is 58.2 Å². The number of nitrogens with zero attached hydrogens (tertiary/aromatic N) is 1. The molecule has 3 aromatic rings. The summed E-state index contributed by atoms with van der Waals surface area (Å²) in [5.74, 6) is 0.981. The van der Waals surface area contributed by atoms with E-state index in [-0.39, 0.29) is 11.5 Å². The molecular formula is C27H28N2O2S. The lowest BCUT2D eigenvalue weighted by Gasteiger charge is -2.19. The Kier molecular flexibility index (Phi) is 5.46. The van der Waals surface area contributed by atoms with Crippen LogP contribution in [-0.2, 0) is 11.2 Å². The van der Waals surface area contributed by atoms with Gasteiger partial charge in [0.1, 0.15) is 6.04 Å². The molecule has 5 rings (SSSR count). The number of thioether (sulfide) groups is 1. The van der Waals surface area contributed by atoms with Crippen molar-refractivity contribution in [3.63, 3.8) is 0 Å². The van der Waals surface area contributed by atoms with E-state index >= 15 is 0 Å². The maximum atomic E-state index is 13.3. The lowest BCUT2D eigenvalue weighted by molar-refractivity contribution is -0.118. The summed E-state index contributed by atoms with van der Waals surface area (Å²) in [6, 6.07) is 15.5. The average molecular weight is 445 g/mol. The number of anilines is 1. The number of nitrogens with one attached hydrogen (secondary N) is 1. The van der Waals surface area contributed by atoms with Gasteiger partial charge in [0.2, 0.25) is 5.91 Å². The van der Waals surface area contributed by atoms with Crippen LogP contribution in [0.2, 0.25) is 0 Å². The molecule has 1 fully saturated rings. The lowest BCUT2D eigenvalue weighted by Crippen LogP contribution is -2.33. The molecule has 0 spiro atoms. The Morgan fingerprint density at radius 2 is 1.81 bits per heavy atom. The van der Waals surface area contributed by atoms with E-state index in [9.17, 15) is 9.59 Å². The third-order valence-electron chi connectivity index (χ3n) is 6.72. The van der Waals surface area contributed by atoms with E-state index in [2.05, 4.69) is 37.4 Å². The van der Waals surface area contributed by atoms with Gasteiger partial charge >= 0.3 is 0 Å². The molecular weight excluding hydrogens is 416 g/mol. The number of carbonyl (C=O) groups is 1. The molecule has 1 amide bonds. The molecule has 1 N–H and O–H groups in total. The summed E-state index contributed by atoms with van der Waals surface area (Å²) in [5, 5.41) is 4.00. The van der Waals surface area contributed by atoms with Crippen LogP contribution in [0.4, 0.5) is 5.69 Å². The molecule has 1 aromatic heterocycles. The Morgan fingerprint density at radius 3 is 2.53 bits per heavy atom. The number of hydrogen-bond donors (Lipinski definition) is 1. The third-order valence-corrected chi connectivity index (χ3v) is 7.90. The quantitative estimate of drug-likeness (QED) is 0.563. The van der Waals surface area contributed by atoms with Crippen molar-refractivity contribution in [2.24, 2.45) is 0 Å². The summed E-state index contributed by atoms with van der Waals surface area (Å²) in [5.41, 5.74) is 8.10. The smallest absolute Gasteiger partial charge is 0.252 e. The Hall–Kier alpha value is -2.79. The molecule has 0 unspecified atom stereocenters. The second-order valence-electron chi connectivity index (χ2n) is 9.09. The van der Waals surface area contributed by atoms with Gasteiger partial charge < -0.3 is 5.32 Å². The van der Waals surface area contributed by atoms with Crippen LogP contribution >= 0.6 is 11.8 Å². The van der Waals surface area contributed by atoms with E-state index in [1.807, 2.05) is 31.2 Å². The third kappa shape index (κ3) is 3.90. The highest BCUT2D eigenvalue weighted by Crippen LogP contribution is 2.48. The van der Waals surface area contributed by atoms with Crippen molar-refractivity contribution in [2.75, 3.05) is 11.1 Å². The number of amides is 1. The second-order valence-corrected chi connectivity index (χ2v) is 10.1. The number of aromatic nitrogens is 1. The van der Waals surface area contributed by atoms with Gasteiger partial charge in [-0.15, -0.1) is 11.8 Å². The van der Waals surface area contributed by atoms with Crippen molar-refractivity contribution < 1.29 is 4.79 Å². The average Bonchev–Trinajstić information content (AvgIpc) is 3.50. The molecule has 0 bridgehead atoms. The van der Waals surface area contributed by atoms with Gasteiger partial charge in [-0.05, 0) is 85.9 Å². The zero-order valence-electron chi connectivity index (χ0n) is 18.8. The first kappa shape index (κ1) is 21.1. The maximum Gasteiger partial charge on any atom is 0.252 e. The molecule has 164 valence electrons. The fourth-order valence-electron chi connectivity index (χ4n) is 4.56. The number of hydrogen-bond acceptors (Lipinski definition) is 3. The minimum atomic E-state index is -0.476. The van der Waals surface area contributed by atoms with Crippen LogP contribution in [0.3, 0.4) is 0 Å². The highest BCUT2D eigenvalue weighted by atomic mass is 32.2. The first-order chi connectivity index (χ1) is 15.4. The van der Waals surface area contributed by atoms with Gasteiger partial charge in [-0.3, -0.25) is 14.2 Å². The lowest BCUT2D eigenvalue weighted by atomic mass is 9.94. The molecule has 1 aliphatic carbocycles. The van der Waals surface area contributed by atoms with Crippen molar-refractivity contribution in [3.05, 3.63) is 92.3 Å². The topological polar surface area (TPSA) is 51.1 Å². The van der Waals surface area contributed by atoms with Crippen LogP contribution in [0.15, 0.2) is 58.4 Å². The maximum absolute atomic E-state index is 13.3. The molecule has 2 aromatic carbocycles. The number of aryl methyl sites for hydroxylation is 2. The number of benzene rings is 2. The molecule has 1 atom stereocenters. The Morgan fingerprint density at radius 1 is 1.06 bits per heavy atom. The number of pyridine rings is 1. The van der Waals surface area contributed by atoms with Crippen molar-refractivity contribution in [1.29, 1.82) is 0 Å². The van der Waals surface area contributed by atoms with Crippen LogP contribution in [0.5, 0.6) is 0 Å². The molecule has 1 aliphatic heterocycles. The zero-order valence-corrected chi connectivity index (χ0v) is 19.6. The number of carbonyl (C=O) groups excluding carboxylic acids is 1. The fourth-order valence-corrected chi connectivity index (χ4v) is 5.98. The predicted molar refractivity (Wildman–Crippen MR) is 131 cm³/mol. The van der Waals surface area contributed by atoms with Crippen molar-refractivity contribution >= 4 is 23.4 Å². The molecule has 0 saturated heterocycles. The van der Waals surface area contributed by atoms with Crippen LogP contribution < -0.4 is 10.9 Å². The minimum absolute atomic E-state index is 0.0706. The van der Waals surface area contributed by atoms with Crippen molar-refractivity contribution in [2.45, 2.75) is 57.0 Å². The molecule has 0 radical (unpaired) electrons. The van der Waals surface area contributed by atoms with Crippen molar-refractivity contribution in [1.82, 2.24) is 4.57 Å². The van der Waals surface area contributed by atoms with Gasteiger partial charge in [0.15, 0.2) is 0 Å². The summed E-state index contributed by atoms with van der Waals surface area (Å²) in [7, 11) is 0. The van der Waals surface area contributed by atoms with E-state index in [4.69, 9.17) is 0 Å². The molecule has 32 heavy (non-hydrogen) atoms. The van der Waals surface area contributed by atoms with E-state index < -0.39 is 6.04 Å². The summed E-state index contributed by atoms with van der Waals surface area (Å²) in [6.07, 6.45) is 3.08. The van der Waals surface area contributed by atoms with Crippen molar-refractivity contribution in [3.8, 4) is 0 Å². The molecule has 4 nitrogen and oxygen atoms in total. The SMILES string of the molecule is Cc1ccc(NC(=O)[C@@H]2CSc3c(C4CC4)c(Cc4cccc(C)c4C)cc(=O)n32)cc1. The monoisotopic (exact) mass is 444 g/mol. The molecule has 2 aliphatic rings. The van der Waals surface area contributed by atoms with Gasteiger partial charge in [0.05, 0.1) is 5.03 Å².